The molecule has 3 rings (SSSR count). The number of nitrogen functional groups attached to an aromatic ring is 1. The number of nitrogens with one attached hydrogen (secondary N) is 2. The number of hydrogen-bond acceptors (Lipinski definition) is 5. The summed E-state index contributed by atoms with van der Waals surface area (Å²) in [5.74, 6) is -2.72. The number of halogens is 3. The van der Waals surface area contributed by atoms with Gasteiger partial charge in [0.25, 0.3) is 5.91 Å². The smallest absolute Gasteiger partial charge is 0.259 e. The van der Waals surface area contributed by atoms with Gasteiger partial charge in [0, 0.05) is 31.6 Å². The number of aryl methyl sites for hydroxylation is 1. The Morgan fingerprint density at radius 1 is 1.29 bits per heavy atom. The minimum absolute atomic E-state index is 0.0817. The molecule has 0 atom stereocenters. The Hall–Kier alpha value is -2.94. The van der Waals surface area contributed by atoms with E-state index in [1.165, 1.54) is 19.2 Å². The number of benzene rings is 1. The van der Waals surface area contributed by atoms with E-state index in [4.69, 9.17) is 27.5 Å². The molecular weight excluding hydrogens is 428 g/mol. The van der Waals surface area contributed by atoms with E-state index in [0.717, 1.165) is 0 Å². The Morgan fingerprint density at radius 2 is 2.03 bits per heavy atom. The van der Waals surface area contributed by atoms with Crippen LogP contribution in [0.4, 0.5) is 20.3 Å². The second-order valence-corrected chi connectivity index (χ2v) is 7.81. The van der Waals surface area contributed by atoms with Crippen molar-refractivity contribution in [2.75, 3.05) is 30.4 Å². The first kappa shape index (κ1) is 22.7. The Balaban J connectivity index is 1.93. The predicted molar refractivity (Wildman–Crippen MR) is 117 cm³/mol. The first-order valence-electron chi connectivity index (χ1n) is 9.75. The quantitative estimate of drug-likeness (QED) is 0.466. The number of carbonyl (C=O) groups is 1. The van der Waals surface area contributed by atoms with Crippen LogP contribution < -0.4 is 20.7 Å². The van der Waals surface area contributed by atoms with Crippen LogP contribution in [-0.2, 0) is 0 Å². The number of alkyl halides is 2. The third-order valence-corrected chi connectivity index (χ3v) is 5.52. The molecule has 1 aromatic heterocycles. The molecule has 1 aromatic carbocycles. The number of ether oxygens (including phenoxy) is 1. The molecule has 2 heterocycles. The lowest BCUT2D eigenvalue weighted by atomic mass is 10.1. The summed E-state index contributed by atoms with van der Waals surface area (Å²) in [5, 5.41) is 10.7. The van der Waals surface area contributed by atoms with Gasteiger partial charge in [-0.25, -0.2) is 13.8 Å². The maximum Gasteiger partial charge on any atom is 0.259 e. The number of aromatic nitrogens is 1. The fraction of sp³-hybridized carbons (Fsp3) is 0.381. The van der Waals surface area contributed by atoms with Gasteiger partial charge in [-0.15, -0.1) is 0 Å². The van der Waals surface area contributed by atoms with Gasteiger partial charge in [0.15, 0.2) is 0 Å². The van der Waals surface area contributed by atoms with Crippen LogP contribution in [0.25, 0.3) is 0 Å². The molecule has 1 fully saturated rings. The zero-order chi connectivity index (χ0) is 22.8. The van der Waals surface area contributed by atoms with E-state index < -0.39 is 11.8 Å². The van der Waals surface area contributed by atoms with Crippen LogP contribution in [0, 0.1) is 12.3 Å². The van der Waals surface area contributed by atoms with Gasteiger partial charge in [0.1, 0.15) is 17.4 Å². The number of methoxy groups -OCH3 is 1. The number of amides is 1. The van der Waals surface area contributed by atoms with Gasteiger partial charge in [-0.3, -0.25) is 10.2 Å². The SMILES string of the molecule is COc1ccc(NC(=O)c2cc(Cl)c(C)nc2N2CCCC(F)(F)CC2)cc1C(=N)N. The minimum atomic E-state index is -2.73. The highest BCUT2D eigenvalue weighted by atomic mass is 35.5. The van der Waals surface area contributed by atoms with E-state index in [1.807, 2.05) is 0 Å². The average molecular weight is 452 g/mol. The van der Waals surface area contributed by atoms with Crippen molar-refractivity contribution in [3.63, 3.8) is 0 Å². The van der Waals surface area contributed by atoms with Crippen LogP contribution in [-0.4, -0.2) is 42.8 Å². The highest BCUT2D eigenvalue weighted by molar-refractivity contribution is 6.31. The van der Waals surface area contributed by atoms with Crippen LogP contribution in [0.15, 0.2) is 24.3 Å². The number of nitrogens with zero attached hydrogens (tertiary/aromatic N) is 2. The topological polar surface area (TPSA) is 104 Å². The van der Waals surface area contributed by atoms with E-state index in [2.05, 4.69) is 10.3 Å². The van der Waals surface area contributed by atoms with Crippen LogP contribution in [0.2, 0.25) is 5.02 Å². The zero-order valence-corrected chi connectivity index (χ0v) is 18.0. The van der Waals surface area contributed by atoms with Gasteiger partial charge in [0.05, 0.1) is 29.0 Å². The molecule has 1 saturated heterocycles. The zero-order valence-electron chi connectivity index (χ0n) is 17.3. The molecule has 0 spiro atoms. The molecule has 0 radical (unpaired) electrons. The van der Waals surface area contributed by atoms with Crippen molar-refractivity contribution in [1.29, 1.82) is 5.41 Å². The van der Waals surface area contributed by atoms with E-state index in [0.29, 0.717) is 40.1 Å². The number of anilines is 2. The van der Waals surface area contributed by atoms with E-state index in [-0.39, 0.29) is 37.2 Å². The van der Waals surface area contributed by atoms with E-state index in [9.17, 15) is 13.6 Å². The van der Waals surface area contributed by atoms with Gasteiger partial charge in [0.2, 0.25) is 5.92 Å². The largest absolute Gasteiger partial charge is 0.496 e. The fourth-order valence-corrected chi connectivity index (χ4v) is 3.60. The highest BCUT2D eigenvalue weighted by Crippen LogP contribution is 2.32. The molecule has 0 unspecified atom stereocenters. The predicted octanol–water partition coefficient (Wildman–Crippen LogP) is 4.21. The standard InChI is InChI=1S/C21H24ClF2N5O2/c1-12-16(22)11-15(19(27-12)29-8-3-6-21(23,24)7-9-29)20(30)28-13-4-5-17(31-2)14(10-13)18(25)26/h4-5,10-11H,3,6-9H2,1-2H3,(H3,25,26)(H,28,30). The Labute approximate surface area is 184 Å². The average Bonchev–Trinajstić information content (AvgIpc) is 2.90. The first-order valence-corrected chi connectivity index (χ1v) is 10.1. The summed E-state index contributed by atoms with van der Waals surface area (Å²) >= 11 is 6.21. The van der Waals surface area contributed by atoms with Crippen LogP contribution in [0.3, 0.4) is 0 Å². The lowest BCUT2D eigenvalue weighted by Gasteiger charge is -2.25. The molecule has 0 aliphatic carbocycles. The molecule has 1 aliphatic rings. The monoisotopic (exact) mass is 451 g/mol. The third-order valence-electron chi connectivity index (χ3n) is 5.14. The molecule has 31 heavy (non-hydrogen) atoms. The summed E-state index contributed by atoms with van der Waals surface area (Å²) in [6, 6.07) is 6.21. The van der Waals surface area contributed by atoms with Crippen molar-refractivity contribution >= 4 is 34.8 Å². The van der Waals surface area contributed by atoms with Gasteiger partial charge in [-0.05, 0) is 37.6 Å². The number of rotatable bonds is 5. The van der Waals surface area contributed by atoms with E-state index in [1.54, 1.807) is 24.0 Å². The molecule has 0 bridgehead atoms. The number of nitrogens with two attached hydrogens (primary N) is 1. The van der Waals surface area contributed by atoms with Crippen LogP contribution >= 0.6 is 11.6 Å². The maximum atomic E-state index is 13.8. The molecule has 0 saturated carbocycles. The van der Waals surface area contributed by atoms with Crippen molar-refractivity contribution in [1.82, 2.24) is 4.98 Å². The lowest BCUT2D eigenvalue weighted by Crippen LogP contribution is -2.29. The Kier molecular flexibility index (Phi) is 6.64. The maximum absolute atomic E-state index is 13.8. The van der Waals surface area contributed by atoms with Crippen molar-refractivity contribution in [2.24, 2.45) is 5.73 Å². The summed E-state index contributed by atoms with van der Waals surface area (Å²) in [6.07, 6.45) is -0.215. The molecule has 1 aliphatic heterocycles. The lowest BCUT2D eigenvalue weighted by molar-refractivity contribution is -0.0102. The van der Waals surface area contributed by atoms with Crippen LogP contribution in [0.5, 0.6) is 5.75 Å². The molecule has 10 heteroatoms. The molecule has 4 N–H and O–H groups in total. The molecular formula is C21H24ClF2N5O2. The van der Waals surface area contributed by atoms with Crippen molar-refractivity contribution < 1.29 is 18.3 Å². The normalized spacial score (nSPS) is 15.8. The number of carbonyl (C=O) groups excluding carboxylic acids is 1. The van der Waals surface area contributed by atoms with Crippen molar-refractivity contribution in [2.45, 2.75) is 32.1 Å². The van der Waals surface area contributed by atoms with Gasteiger partial charge < -0.3 is 20.7 Å². The third kappa shape index (κ3) is 5.22. The minimum Gasteiger partial charge on any atom is -0.496 e. The molecule has 7 nitrogen and oxygen atoms in total. The summed E-state index contributed by atoms with van der Waals surface area (Å²) < 4.78 is 32.8. The van der Waals surface area contributed by atoms with Crippen LogP contribution in [0.1, 0.15) is 40.9 Å². The molecule has 1 amide bonds. The van der Waals surface area contributed by atoms with Crippen molar-refractivity contribution in [3.8, 4) is 5.75 Å². The second-order valence-electron chi connectivity index (χ2n) is 7.41. The molecule has 166 valence electrons. The molecule has 2 aromatic rings. The van der Waals surface area contributed by atoms with Gasteiger partial charge in [-0.2, -0.15) is 0 Å². The second kappa shape index (κ2) is 9.05. The first-order chi connectivity index (χ1) is 14.6. The number of hydrogen-bond donors (Lipinski definition) is 3. The summed E-state index contributed by atoms with van der Waals surface area (Å²) in [4.78, 5) is 19.2. The number of pyridine rings is 1. The van der Waals surface area contributed by atoms with E-state index >= 15 is 0 Å². The van der Waals surface area contributed by atoms with Gasteiger partial charge >= 0.3 is 0 Å². The highest BCUT2D eigenvalue weighted by Gasteiger charge is 2.33. The summed E-state index contributed by atoms with van der Waals surface area (Å²) in [5.41, 5.74) is 7.00. The van der Waals surface area contributed by atoms with Crippen molar-refractivity contribution in [3.05, 3.63) is 46.1 Å². The van der Waals surface area contributed by atoms with Gasteiger partial charge in [-0.1, -0.05) is 11.6 Å². The summed E-state index contributed by atoms with van der Waals surface area (Å²) in [7, 11) is 1.46. The number of amidine groups is 1. The Morgan fingerprint density at radius 3 is 2.71 bits per heavy atom. The fourth-order valence-electron chi connectivity index (χ4n) is 3.45. The summed E-state index contributed by atoms with van der Waals surface area (Å²) in [6.45, 7) is 2.14. The Bertz CT molecular complexity index is 1020.